The fourth-order valence-electron chi connectivity index (χ4n) is 3.89. The van der Waals surface area contributed by atoms with Crippen LogP contribution in [0.2, 0.25) is 0 Å². The summed E-state index contributed by atoms with van der Waals surface area (Å²) in [6.07, 6.45) is 3.52. The summed E-state index contributed by atoms with van der Waals surface area (Å²) in [7, 11) is 0. The number of amides is 1. The van der Waals surface area contributed by atoms with Gasteiger partial charge in [0.05, 0.1) is 6.04 Å². The zero-order valence-electron chi connectivity index (χ0n) is 11.4. The molecular formula is C16H17FN2O. The SMILES string of the molecule is C[C@@H]1c2[nH]c3ccc(F)cc3c2C[C@@H]2CCCC(=O)N21. The largest absolute Gasteiger partial charge is 0.356 e. The quantitative estimate of drug-likeness (QED) is 0.784. The third-order valence-corrected chi connectivity index (χ3v) is 4.79. The van der Waals surface area contributed by atoms with Gasteiger partial charge in [0.2, 0.25) is 5.91 Å². The predicted octanol–water partition coefficient (Wildman–Crippen LogP) is 3.31. The van der Waals surface area contributed by atoms with Gasteiger partial charge in [-0.2, -0.15) is 0 Å². The van der Waals surface area contributed by atoms with Gasteiger partial charge in [-0.3, -0.25) is 4.79 Å². The summed E-state index contributed by atoms with van der Waals surface area (Å²) in [6.45, 7) is 2.07. The molecular weight excluding hydrogens is 255 g/mol. The molecule has 2 atom stereocenters. The second kappa shape index (κ2) is 4.08. The lowest BCUT2D eigenvalue weighted by Gasteiger charge is -2.43. The van der Waals surface area contributed by atoms with E-state index in [2.05, 4.69) is 11.9 Å². The van der Waals surface area contributed by atoms with E-state index in [1.165, 1.54) is 11.6 Å². The van der Waals surface area contributed by atoms with Crippen LogP contribution in [0.25, 0.3) is 10.9 Å². The first-order valence-electron chi connectivity index (χ1n) is 7.26. The van der Waals surface area contributed by atoms with E-state index < -0.39 is 0 Å². The first kappa shape index (κ1) is 11.9. The first-order valence-corrected chi connectivity index (χ1v) is 7.26. The molecule has 2 aromatic rings. The minimum absolute atomic E-state index is 0.0620. The smallest absolute Gasteiger partial charge is 0.223 e. The Morgan fingerprint density at radius 3 is 3.10 bits per heavy atom. The lowest BCUT2D eigenvalue weighted by atomic mass is 9.87. The Morgan fingerprint density at radius 2 is 2.25 bits per heavy atom. The highest BCUT2D eigenvalue weighted by molar-refractivity contribution is 5.86. The Kier molecular flexibility index (Phi) is 2.43. The maximum Gasteiger partial charge on any atom is 0.223 e. The van der Waals surface area contributed by atoms with E-state index >= 15 is 0 Å². The molecule has 20 heavy (non-hydrogen) atoms. The van der Waals surface area contributed by atoms with Crippen LogP contribution in [0.1, 0.15) is 43.5 Å². The van der Waals surface area contributed by atoms with Crippen molar-refractivity contribution in [3.05, 3.63) is 35.3 Å². The third kappa shape index (κ3) is 1.54. The van der Waals surface area contributed by atoms with Crippen molar-refractivity contribution >= 4 is 16.8 Å². The van der Waals surface area contributed by atoms with Crippen LogP contribution in [0, 0.1) is 5.82 Å². The van der Waals surface area contributed by atoms with Gasteiger partial charge >= 0.3 is 0 Å². The second-order valence-corrected chi connectivity index (χ2v) is 5.93. The van der Waals surface area contributed by atoms with Crippen molar-refractivity contribution in [3.63, 3.8) is 0 Å². The number of benzene rings is 1. The van der Waals surface area contributed by atoms with Gasteiger partial charge in [-0.1, -0.05) is 0 Å². The van der Waals surface area contributed by atoms with Crippen molar-refractivity contribution in [2.45, 2.75) is 44.7 Å². The Hall–Kier alpha value is -1.84. The standard InChI is InChI=1S/C16H17FN2O/c1-9-16-13(8-11-3-2-4-15(20)19(9)11)12-7-10(17)5-6-14(12)18-16/h5-7,9,11,18H,2-4,8H2,1H3/t9-,11+/m1/s1. The van der Waals surface area contributed by atoms with Gasteiger partial charge in [-0.05, 0) is 49.9 Å². The first-order chi connectivity index (χ1) is 9.65. The number of aromatic nitrogens is 1. The van der Waals surface area contributed by atoms with Crippen LogP contribution in [0.5, 0.6) is 0 Å². The Balaban J connectivity index is 1.90. The summed E-state index contributed by atoms with van der Waals surface area (Å²) in [6, 6.07) is 5.22. The molecule has 4 rings (SSSR count). The van der Waals surface area contributed by atoms with Crippen LogP contribution in [0.15, 0.2) is 18.2 Å². The van der Waals surface area contributed by atoms with E-state index in [-0.39, 0.29) is 23.8 Å². The van der Waals surface area contributed by atoms with Crippen molar-refractivity contribution < 1.29 is 9.18 Å². The average Bonchev–Trinajstić information content (AvgIpc) is 2.78. The van der Waals surface area contributed by atoms with Crippen LogP contribution in [0.4, 0.5) is 4.39 Å². The highest BCUT2D eigenvalue weighted by Crippen LogP contribution is 2.40. The topological polar surface area (TPSA) is 36.1 Å². The Labute approximate surface area is 116 Å². The van der Waals surface area contributed by atoms with Crippen molar-refractivity contribution in [1.82, 2.24) is 9.88 Å². The zero-order valence-corrected chi connectivity index (χ0v) is 11.4. The lowest BCUT2D eigenvalue weighted by Crippen LogP contribution is -2.48. The number of halogens is 1. The molecule has 0 radical (unpaired) electrons. The molecule has 4 heteroatoms. The van der Waals surface area contributed by atoms with Crippen molar-refractivity contribution in [2.24, 2.45) is 0 Å². The molecule has 2 aliphatic rings. The van der Waals surface area contributed by atoms with E-state index in [9.17, 15) is 9.18 Å². The van der Waals surface area contributed by atoms with Crippen molar-refractivity contribution in [3.8, 4) is 0 Å². The van der Waals surface area contributed by atoms with Crippen LogP contribution in [-0.4, -0.2) is 21.8 Å². The number of nitrogens with one attached hydrogen (secondary N) is 1. The summed E-state index contributed by atoms with van der Waals surface area (Å²) < 4.78 is 13.5. The van der Waals surface area contributed by atoms with Crippen LogP contribution in [-0.2, 0) is 11.2 Å². The molecule has 1 amide bonds. The van der Waals surface area contributed by atoms with Gasteiger partial charge in [0.25, 0.3) is 0 Å². The van der Waals surface area contributed by atoms with Gasteiger partial charge in [-0.15, -0.1) is 0 Å². The fraction of sp³-hybridized carbons (Fsp3) is 0.438. The van der Waals surface area contributed by atoms with Crippen molar-refractivity contribution in [2.75, 3.05) is 0 Å². The molecule has 1 fully saturated rings. The normalized spacial score (nSPS) is 25.7. The third-order valence-electron chi connectivity index (χ3n) is 4.79. The molecule has 1 aromatic heterocycles. The minimum atomic E-state index is -0.200. The number of carbonyl (C=O) groups excluding carboxylic acids is 1. The predicted molar refractivity (Wildman–Crippen MR) is 74.9 cm³/mol. The molecule has 3 nitrogen and oxygen atoms in total. The number of hydrogen-bond acceptors (Lipinski definition) is 1. The van der Waals surface area contributed by atoms with E-state index in [4.69, 9.17) is 0 Å². The monoisotopic (exact) mass is 272 g/mol. The number of piperidine rings is 1. The summed E-state index contributed by atoms with van der Waals surface area (Å²) >= 11 is 0. The maximum absolute atomic E-state index is 13.5. The fourth-order valence-corrected chi connectivity index (χ4v) is 3.89. The van der Waals surface area contributed by atoms with Crippen LogP contribution >= 0.6 is 0 Å². The Bertz CT molecular complexity index is 706. The molecule has 2 aliphatic heterocycles. The number of rotatable bonds is 0. The van der Waals surface area contributed by atoms with E-state index in [1.54, 1.807) is 12.1 Å². The molecule has 1 N–H and O–H groups in total. The molecule has 1 saturated heterocycles. The average molecular weight is 272 g/mol. The van der Waals surface area contributed by atoms with Gasteiger partial charge in [0.1, 0.15) is 5.82 Å². The number of aromatic amines is 1. The highest BCUT2D eigenvalue weighted by atomic mass is 19.1. The van der Waals surface area contributed by atoms with Gasteiger partial charge < -0.3 is 9.88 Å². The van der Waals surface area contributed by atoms with Gasteiger partial charge in [-0.25, -0.2) is 4.39 Å². The van der Waals surface area contributed by atoms with E-state index in [0.717, 1.165) is 35.9 Å². The van der Waals surface area contributed by atoms with Crippen molar-refractivity contribution in [1.29, 1.82) is 0 Å². The van der Waals surface area contributed by atoms with Gasteiger partial charge in [0.15, 0.2) is 0 Å². The number of H-pyrrole nitrogens is 1. The Morgan fingerprint density at radius 1 is 1.40 bits per heavy atom. The molecule has 0 saturated carbocycles. The molecule has 1 aromatic carbocycles. The zero-order chi connectivity index (χ0) is 13.9. The number of hydrogen-bond donors (Lipinski definition) is 1. The molecule has 0 aliphatic carbocycles. The van der Waals surface area contributed by atoms with E-state index in [0.29, 0.717) is 6.42 Å². The number of fused-ring (bicyclic) bond motifs is 4. The van der Waals surface area contributed by atoms with Crippen LogP contribution < -0.4 is 0 Å². The molecule has 0 spiro atoms. The highest BCUT2D eigenvalue weighted by Gasteiger charge is 2.38. The molecule has 0 bridgehead atoms. The second-order valence-electron chi connectivity index (χ2n) is 5.93. The number of carbonyl (C=O) groups is 1. The lowest BCUT2D eigenvalue weighted by molar-refractivity contribution is -0.139. The minimum Gasteiger partial charge on any atom is -0.356 e. The van der Waals surface area contributed by atoms with E-state index in [1.807, 2.05) is 4.90 Å². The summed E-state index contributed by atoms with van der Waals surface area (Å²) in [4.78, 5) is 17.6. The summed E-state index contributed by atoms with van der Waals surface area (Å²) in [5, 5.41) is 0.976. The molecule has 3 heterocycles. The van der Waals surface area contributed by atoms with Crippen LogP contribution in [0.3, 0.4) is 0 Å². The maximum atomic E-state index is 13.5. The summed E-state index contributed by atoms with van der Waals surface area (Å²) in [5.41, 5.74) is 3.25. The summed E-state index contributed by atoms with van der Waals surface area (Å²) in [5.74, 6) is 0.0540. The number of nitrogens with zero attached hydrogens (tertiary/aromatic N) is 1. The molecule has 0 unspecified atom stereocenters. The molecule has 104 valence electrons. The van der Waals surface area contributed by atoms with Gasteiger partial charge in [0, 0.05) is 29.1 Å².